The van der Waals surface area contributed by atoms with Gasteiger partial charge >= 0.3 is 5.97 Å². The first-order valence-electron chi connectivity index (χ1n) is 14.2. The third-order valence-corrected chi connectivity index (χ3v) is 13.7. The molecule has 0 spiro atoms. The second kappa shape index (κ2) is 7.36. The minimum atomic E-state index is -0.816. The number of fused-ring (bicyclic) bond motifs is 7. The van der Waals surface area contributed by atoms with Crippen LogP contribution < -0.4 is 0 Å². The van der Waals surface area contributed by atoms with E-state index < -0.39 is 18.0 Å². The Morgan fingerprint density at radius 1 is 0.941 bits per heavy atom. The van der Waals surface area contributed by atoms with E-state index in [2.05, 4.69) is 61.5 Å². The number of aliphatic hydroxyl groups excluding tert-OH is 1. The molecule has 0 aliphatic heterocycles. The Balaban J connectivity index is 1.61. The molecular formula is C31H50O3. The van der Waals surface area contributed by atoms with E-state index >= 15 is 0 Å². The lowest BCUT2D eigenvalue weighted by molar-refractivity contribution is -0.223. The Kier molecular flexibility index (Phi) is 5.38. The molecule has 0 amide bonds. The molecule has 4 saturated carbocycles. The maximum atomic E-state index is 12.3. The van der Waals surface area contributed by atoms with E-state index in [9.17, 15) is 15.0 Å². The van der Waals surface area contributed by atoms with Crippen molar-refractivity contribution in [2.75, 3.05) is 0 Å². The smallest absolute Gasteiger partial charge is 0.309 e. The zero-order valence-electron chi connectivity index (χ0n) is 23.1. The molecule has 0 aromatic carbocycles. The zero-order valence-corrected chi connectivity index (χ0v) is 23.1. The third kappa shape index (κ3) is 2.88. The van der Waals surface area contributed by atoms with E-state index in [1.54, 1.807) is 5.57 Å². The maximum absolute atomic E-state index is 12.3. The van der Waals surface area contributed by atoms with Crippen LogP contribution in [-0.2, 0) is 4.79 Å². The van der Waals surface area contributed by atoms with E-state index in [0.29, 0.717) is 29.6 Å². The minimum absolute atomic E-state index is 0.0595. The third-order valence-electron chi connectivity index (χ3n) is 13.7. The second-order valence-corrected chi connectivity index (χ2v) is 15.2. The fraction of sp³-hybridized carbons (Fsp3) is 0.903. The summed E-state index contributed by atoms with van der Waals surface area (Å²) >= 11 is 0. The summed E-state index contributed by atoms with van der Waals surface area (Å²) in [6.45, 7) is 19.4. The van der Waals surface area contributed by atoms with E-state index in [4.69, 9.17) is 0 Å². The number of rotatable bonds is 1. The summed E-state index contributed by atoms with van der Waals surface area (Å²) in [4.78, 5) is 12.3. The monoisotopic (exact) mass is 470 g/mol. The van der Waals surface area contributed by atoms with Crippen molar-refractivity contribution < 1.29 is 15.0 Å². The lowest BCUT2D eigenvalue weighted by Crippen LogP contribution is -2.66. The predicted octanol–water partition coefficient (Wildman–Crippen LogP) is 7.34. The molecule has 192 valence electrons. The van der Waals surface area contributed by atoms with E-state index in [-0.39, 0.29) is 21.7 Å². The van der Waals surface area contributed by atoms with Crippen molar-refractivity contribution in [3.8, 4) is 0 Å². The molecule has 0 aromatic rings. The second-order valence-electron chi connectivity index (χ2n) is 15.2. The Morgan fingerprint density at radius 2 is 1.62 bits per heavy atom. The number of carboxylic acid groups (broad SMARTS) is 1. The van der Waals surface area contributed by atoms with Gasteiger partial charge in [-0.25, -0.2) is 0 Å². The van der Waals surface area contributed by atoms with Crippen molar-refractivity contribution in [3.63, 3.8) is 0 Å². The summed E-state index contributed by atoms with van der Waals surface area (Å²) in [5.41, 5.74) is 2.15. The maximum Gasteiger partial charge on any atom is 0.309 e. The van der Waals surface area contributed by atoms with E-state index in [1.807, 2.05) is 0 Å². The van der Waals surface area contributed by atoms with Crippen LogP contribution >= 0.6 is 0 Å². The van der Waals surface area contributed by atoms with Gasteiger partial charge in [0.05, 0.1) is 12.0 Å². The van der Waals surface area contributed by atoms with Gasteiger partial charge in [0.25, 0.3) is 0 Å². The van der Waals surface area contributed by atoms with Crippen LogP contribution in [0.1, 0.15) is 107 Å². The molecule has 5 aliphatic rings. The first-order chi connectivity index (χ1) is 15.6. The normalized spacial score (nSPS) is 56.3. The SMILES string of the molecule is C[C@H]1[C@H](C)CC[C@]2(C)CC[C@]3(C)C(=CCC4[C@@]5(C)CC(C(=O)O)[C@H](O)C(C)(C)C5CC[C@]43C)[C@H]12. The molecule has 3 unspecified atom stereocenters. The summed E-state index contributed by atoms with van der Waals surface area (Å²) in [7, 11) is 0. The van der Waals surface area contributed by atoms with Crippen LogP contribution in [0.25, 0.3) is 0 Å². The van der Waals surface area contributed by atoms with Crippen molar-refractivity contribution in [2.45, 2.75) is 113 Å². The van der Waals surface area contributed by atoms with E-state index in [0.717, 1.165) is 24.7 Å². The zero-order chi connectivity index (χ0) is 25.1. The van der Waals surface area contributed by atoms with Gasteiger partial charge in [0.2, 0.25) is 0 Å². The van der Waals surface area contributed by atoms with Crippen molar-refractivity contribution in [1.82, 2.24) is 0 Å². The van der Waals surface area contributed by atoms with Gasteiger partial charge in [0.1, 0.15) is 0 Å². The van der Waals surface area contributed by atoms with Crippen molar-refractivity contribution in [2.24, 2.45) is 62.6 Å². The molecule has 0 aromatic heterocycles. The van der Waals surface area contributed by atoms with Gasteiger partial charge < -0.3 is 10.2 Å². The van der Waals surface area contributed by atoms with Crippen LogP contribution in [0.4, 0.5) is 0 Å². The number of aliphatic hydroxyl groups is 1. The Hall–Kier alpha value is -0.830. The van der Waals surface area contributed by atoms with Gasteiger partial charge in [-0.05, 0) is 108 Å². The first kappa shape index (κ1) is 24.8. The fourth-order valence-electron chi connectivity index (χ4n) is 11.3. The molecule has 3 heteroatoms. The highest BCUT2D eigenvalue weighted by Gasteiger charge is 2.69. The summed E-state index contributed by atoms with van der Waals surface area (Å²) < 4.78 is 0. The molecule has 0 heterocycles. The van der Waals surface area contributed by atoms with Crippen LogP contribution in [0.3, 0.4) is 0 Å². The fourth-order valence-corrected chi connectivity index (χ4v) is 11.3. The van der Waals surface area contributed by atoms with Crippen LogP contribution in [0, 0.1) is 62.6 Å². The highest BCUT2D eigenvalue weighted by atomic mass is 16.4. The van der Waals surface area contributed by atoms with Crippen LogP contribution in [0.2, 0.25) is 0 Å². The molecule has 3 nitrogen and oxygen atoms in total. The van der Waals surface area contributed by atoms with Crippen molar-refractivity contribution in [1.29, 1.82) is 0 Å². The summed E-state index contributed by atoms with van der Waals surface area (Å²) in [5.74, 6) is 1.57. The summed E-state index contributed by atoms with van der Waals surface area (Å²) in [6.07, 6.45) is 11.2. The summed E-state index contributed by atoms with van der Waals surface area (Å²) in [5, 5.41) is 21.2. The topological polar surface area (TPSA) is 57.5 Å². The molecule has 2 N–H and O–H groups in total. The van der Waals surface area contributed by atoms with Gasteiger partial charge in [-0.15, -0.1) is 0 Å². The van der Waals surface area contributed by atoms with Crippen LogP contribution in [0.15, 0.2) is 11.6 Å². The van der Waals surface area contributed by atoms with Crippen molar-refractivity contribution >= 4 is 5.97 Å². The molecule has 5 rings (SSSR count). The molecule has 4 fully saturated rings. The Bertz CT molecular complexity index is 904. The highest BCUT2D eigenvalue weighted by Crippen LogP contribution is 2.76. The molecule has 0 bridgehead atoms. The number of hydrogen-bond acceptors (Lipinski definition) is 2. The van der Waals surface area contributed by atoms with Gasteiger partial charge in [-0.2, -0.15) is 0 Å². The standard InChI is InChI=1S/C31H50O3/c1-18-11-13-28(5)15-16-30(7)21(24(28)19(18)2)9-10-23-29(6)17-20(26(33)34)25(32)27(3,4)22(29)12-14-31(23,30)8/h9,18-20,22-25,32H,10-17H2,1-8H3,(H,33,34)/t18-,19+,20?,22?,23?,24+,25+,28-,29+,30-,31-/m1/s1. The van der Waals surface area contributed by atoms with Gasteiger partial charge in [0, 0.05) is 0 Å². The number of hydrogen-bond donors (Lipinski definition) is 2. The molecule has 5 aliphatic carbocycles. The lowest BCUT2D eigenvalue weighted by atomic mass is 9.33. The number of allylic oxidation sites excluding steroid dienone is 2. The van der Waals surface area contributed by atoms with Gasteiger partial charge in [-0.1, -0.05) is 67.0 Å². The molecule has 0 radical (unpaired) electrons. The first-order valence-corrected chi connectivity index (χ1v) is 14.2. The largest absolute Gasteiger partial charge is 0.481 e. The molecule has 34 heavy (non-hydrogen) atoms. The number of carboxylic acids is 1. The molecule has 0 saturated heterocycles. The Morgan fingerprint density at radius 3 is 2.26 bits per heavy atom. The van der Waals surface area contributed by atoms with Crippen LogP contribution in [0.5, 0.6) is 0 Å². The molecule has 11 atom stereocenters. The highest BCUT2D eigenvalue weighted by molar-refractivity contribution is 5.71. The van der Waals surface area contributed by atoms with Gasteiger partial charge in [-0.3, -0.25) is 4.79 Å². The van der Waals surface area contributed by atoms with Crippen LogP contribution in [-0.4, -0.2) is 22.3 Å². The lowest BCUT2D eigenvalue weighted by Gasteiger charge is -2.72. The summed E-state index contributed by atoms with van der Waals surface area (Å²) in [6, 6.07) is 0. The predicted molar refractivity (Wildman–Crippen MR) is 137 cm³/mol. The Labute approximate surface area is 208 Å². The van der Waals surface area contributed by atoms with E-state index in [1.165, 1.54) is 32.1 Å². The number of aliphatic carboxylic acids is 1. The average Bonchev–Trinajstić information content (AvgIpc) is 2.74. The average molecular weight is 471 g/mol. The quantitative estimate of drug-likeness (QED) is 0.394. The van der Waals surface area contributed by atoms with Crippen molar-refractivity contribution in [3.05, 3.63) is 11.6 Å². The minimum Gasteiger partial charge on any atom is -0.481 e. The van der Waals surface area contributed by atoms with Gasteiger partial charge in [0.15, 0.2) is 0 Å². The number of carbonyl (C=O) groups is 1. The molecular weight excluding hydrogens is 420 g/mol.